The molecule has 3 nitrogen and oxygen atoms in total. The van der Waals surface area contributed by atoms with E-state index in [2.05, 4.69) is 0 Å². The lowest BCUT2D eigenvalue weighted by molar-refractivity contribution is 0.313. The number of ether oxygens (including phenoxy) is 1. The fourth-order valence-corrected chi connectivity index (χ4v) is 1.19. The fourth-order valence-electron chi connectivity index (χ4n) is 1.19. The van der Waals surface area contributed by atoms with Crippen LogP contribution >= 0.6 is 0 Å². The number of hydrogen-bond donors (Lipinski definition) is 2. The van der Waals surface area contributed by atoms with Crippen LogP contribution in [0.3, 0.4) is 0 Å². The Morgan fingerprint density at radius 1 is 1.00 bits per heavy atom. The topological polar surface area (TPSA) is 61.3 Å². The third-order valence-electron chi connectivity index (χ3n) is 1.97. The first kappa shape index (κ1) is 11.0. The highest BCUT2D eigenvalue weighted by Crippen LogP contribution is 2.12. The van der Waals surface area contributed by atoms with Crippen molar-refractivity contribution >= 4 is 0 Å². The summed E-state index contributed by atoms with van der Waals surface area (Å²) < 4.78 is 5.47. The summed E-state index contributed by atoms with van der Waals surface area (Å²) >= 11 is 0. The lowest BCUT2D eigenvalue weighted by Gasteiger charge is -2.05. The zero-order chi connectivity index (χ0) is 10.2. The second kappa shape index (κ2) is 6.40. The summed E-state index contributed by atoms with van der Waals surface area (Å²) in [6.07, 6.45) is 1.81. The van der Waals surface area contributed by atoms with Crippen LogP contribution in [-0.2, 0) is 6.42 Å². The van der Waals surface area contributed by atoms with Gasteiger partial charge in [-0.15, -0.1) is 0 Å². The summed E-state index contributed by atoms with van der Waals surface area (Å²) in [4.78, 5) is 0. The molecule has 0 unspecified atom stereocenters. The highest BCUT2D eigenvalue weighted by Gasteiger charge is 1.94. The molecule has 0 amide bonds. The number of hydrogen-bond acceptors (Lipinski definition) is 3. The van der Waals surface area contributed by atoms with Gasteiger partial charge in [0.15, 0.2) is 0 Å². The molecule has 0 fully saturated rings. The maximum Gasteiger partial charge on any atom is 0.119 e. The molecule has 0 aliphatic heterocycles. The first-order valence-electron chi connectivity index (χ1n) is 4.98. The monoisotopic (exact) mass is 194 g/mol. The highest BCUT2D eigenvalue weighted by atomic mass is 16.5. The molecule has 1 rings (SSSR count). The van der Waals surface area contributed by atoms with Gasteiger partial charge in [-0.25, -0.2) is 0 Å². The number of nitrogens with two attached hydrogens (primary N) is 2. The van der Waals surface area contributed by atoms with Crippen molar-refractivity contribution in [2.75, 3.05) is 19.7 Å². The third kappa shape index (κ3) is 3.77. The van der Waals surface area contributed by atoms with Gasteiger partial charge in [0.1, 0.15) is 5.75 Å². The van der Waals surface area contributed by atoms with Gasteiger partial charge in [-0.3, -0.25) is 0 Å². The summed E-state index contributed by atoms with van der Waals surface area (Å²) in [5.74, 6) is 0.902. The van der Waals surface area contributed by atoms with Crippen molar-refractivity contribution in [1.82, 2.24) is 0 Å². The van der Waals surface area contributed by atoms with Crippen molar-refractivity contribution in [2.24, 2.45) is 11.5 Å². The molecule has 0 saturated carbocycles. The smallest absolute Gasteiger partial charge is 0.119 e. The van der Waals surface area contributed by atoms with E-state index < -0.39 is 0 Å². The van der Waals surface area contributed by atoms with Crippen LogP contribution in [0.5, 0.6) is 5.75 Å². The predicted molar refractivity (Wildman–Crippen MR) is 58.4 cm³/mol. The molecular weight excluding hydrogens is 176 g/mol. The van der Waals surface area contributed by atoms with Gasteiger partial charge in [-0.2, -0.15) is 0 Å². The van der Waals surface area contributed by atoms with Crippen molar-refractivity contribution in [2.45, 2.75) is 12.8 Å². The minimum absolute atomic E-state index is 0.672. The SMILES string of the molecule is NCCCOc1ccc(CCN)cc1. The van der Waals surface area contributed by atoms with Crippen LogP contribution in [-0.4, -0.2) is 19.7 Å². The second-order valence-corrected chi connectivity index (χ2v) is 3.17. The van der Waals surface area contributed by atoms with Crippen molar-refractivity contribution in [1.29, 1.82) is 0 Å². The third-order valence-corrected chi connectivity index (χ3v) is 1.97. The molecule has 0 aliphatic rings. The summed E-state index contributed by atoms with van der Waals surface area (Å²) in [7, 11) is 0. The average Bonchev–Trinajstić information content (AvgIpc) is 2.21. The Hall–Kier alpha value is -1.06. The van der Waals surface area contributed by atoms with E-state index in [9.17, 15) is 0 Å². The summed E-state index contributed by atoms with van der Waals surface area (Å²) in [5.41, 5.74) is 12.1. The molecule has 0 spiro atoms. The first-order chi connectivity index (χ1) is 6.86. The van der Waals surface area contributed by atoms with Gasteiger partial charge in [-0.1, -0.05) is 12.1 Å². The Bertz CT molecular complexity index is 246. The van der Waals surface area contributed by atoms with E-state index in [-0.39, 0.29) is 0 Å². The quantitative estimate of drug-likeness (QED) is 0.662. The normalized spacial score (nSPS) is 10.1. The second-order valence-electron chi connectivity index (χ2n) is 3.17. The Balaban J connectivity index is 2.38. The van der Waals surface area contributed by atoms with Crippen LogP contribution in [0.4, 0.5) is 0 Å². The van der Waals surface area contributed by atoms with Crippen molar-refractivity contribution in [3.05, 3.63) is 29.8 Å². The Labute approximate surface area is 85.0 Å². The maximum absolute atomic E-state index is 5.47. The van der Waals surface area contributed by atoms with Gasteiger partial charge >= 0.3 is 0 Å². The molecule has 0 atom stereocenters. The van der Waals surface area contributed by atoms with E-state index in [0.717, 1.165) is 18.6 Å². The largest absolute Gasteiger partial charge is 0.494 e. The van der Waals surface area contributed by atoms with Gasteiger partial charge < -0.3 is 16.2 Å². The van der Waals surface area contributed by atoms with Gasteiger partial charge in [-0.05, 0) is 43.6 Å². The summed E-state index contributed by atoms with van der Waals surface area (Å²) in [5, 5.41) is 0. The molecular formula is C11H18N2O. The maximum atomic E-state index is 5.47. The molecule has 78 valence electrons. The van der Waals surface area contributed by atoms with E-state index in [1.807, 2.05) is 24.3 Å². The lowest BCUT2D eigenvalue weighted by atomic mass is 10.1. The summed E-state index contributed by atoms with van der Waals surface area (Å²) in [6.45, 7) is 2.05. The Morgan fingerprint density at radius 2 is 1.71 bits per heavy atom. The van der Waals surface area contributed by atoms with Crippen molar-refractivity contribution < 1.29 is 4.74 Å². The van der Waals surface area contributed by atoms with Gasteiger partial charge in [0.25, 0.3) is 0 Å². The highest BCUT2D eigenvalue weighted by molar-refractivity contribution is 5.27. The van der Waals surface area contributed by atoms with Crippen molar-refractivity contribution in [3.8, 4) is 5.75 Å². The molecule has 0 saturated heterocycles. The first-order valence-corrected chi connectivity index (χ1v) is 4.98. The van der Waals surface area contributed by atoms with Crippen LogP contribution in [0, 0.1) is 0 Å². The van der Waals surface area contributed by atoms with Gasteiger partial charge in [0.2, 0.25) is 0 Å². The molecule has 0 radical (unpaired) electrons. The molecule has 3 heteroatoms. The molecule has 1 aromatic carbocycles. The molecule has 0 aromatic heterocycles. The van der Waals surface area contributed by atoms with E-state index in [4.69, 9.17) is 16.2 Å². The van der Waals surface area contributed by atoms with E-state index in [1.165, 1.54) is 5.56 Å². The average molecular weight is 194 g/mol. The summed E-state index contributed by atoms with van der Waals surface area (Å²) in [6, 6.07) is 8.04. The lowest BCUT2D eigenvalue weighted by Crippen LogP contribution is -2.06. The minimum Gasteiger partial charge on any atom is -0.494 e. The zero-order valence-corrected chi connectivity index (χ0v) is 8.41. The van der Waals surface area contributed by atoms with Crippen LogP contribution in [0.2, 0.25) is 0 Å². The number of rotatable bonds is 6. The van der Waals surface area contributed by atoms with Gasteiger partial charge in [0.05, 0.1) is 6.61 Å². The molecule has 0 heterocycles. The zero-order valence-electron chi connectivity index (χ0n) is 8.41. The van der Waals surface area contributed by atoms with E-state index >= 15 is 0 Å². The number of benzene rings is 1. The van der Waals surface area contributed by atoms with Crippen LogP contribution < -0.4 is 16.2 Å². The van der Waals surface area contributed by atoms with Gasteiger partial charge in [0, 0.05) is 0 Å². The Kier molecular flexibility index (Phi) is 5.04. The predicted octanol–water partition coefficient (Wildman–Crippen LogP) is 0.915. The Morgan fingerprint density at radius 3 is 2.29 bits per heavy atom. The van der Waals surface area contributed by atoms with E-state index in [1.54, 1.807) is 0 Å². The van der Waals surface area contributed by atoms with Crippen molar-refractivity contribution in [3.63, 3.8) is 0 Å². The molecule has 0 bridgehead atoms. The molecule has 14 heavy (non-hydrogen) atoms. The minimum atomic E-state index is 0.672. The van der Waals surface area contributed by atoms with Crippen LogP contribution in [0.1, 0.15) is 12.0 Å². The van der Waals surface area contributed by atoms with Crippen LogP contribution in [0.15, 0.2) is 24.3 Å². The van der Waals surface area contributed by atoms with E-state index in [0.29, 0.717) is 19.7 Å². The molecule has 1 aromatic rings. The standard InChI is InChI=1S/C11H18N2O/c12-7-1-9-14-11-4-2-10(3-5-11)6-8-13/h2-5H,1,6-9,12-13H2. The molecule has 4 N–H and O–H groups in total. The van der Waals surface area contributed by atoms with Crippen LogP contribution in [0.25, 0.3) is 0 Å². The molecule has 0 aliphatic carbocycles. The fraction of sp³-hybridized carbons (Fsp3) is 0.455.